The molecule has 2 aliphatic rings. The summed E-state index contributed by atoms with van der Waals surface area (Å²) in [4.78, 5) is 15.3. The molecular formula is C28H35NO2. The fourth-order valence-corrected chi connectivity index (χ4v) is 5.43. The molecule has 164 valence electrons. The molecule has 1 heterocycles. The van der Waals surface area contributed by atoms with Crippen LogP contribution in [0.1, 0.15) is 104 Å². The van der Waals surface area contributed by atoms with E-state index in [2.05, 4.69) is 57.8 Å². The molecule has 0 aliphatic heterocycles. The number of aromatic carboxylic acids is 1. The highest BCUT2D eigenvalue weighted by atomic mass is 16.4. The van der Waals surface area contributed by atoms with E-state index in [-0.39, 0.29) is 16.4 Å². The average molecular weight is 418 g/mol. The topological polar surface area (TPSA) is 50.2 Å². The van der Waals surface area contributed by atoms with Crippen LogP contribution in [0.3, 0.4) is 0 Å². The van der Waals surface area contributed by atoms with E-state index >= 15 is 0 Å². The predicted molar refractivity (Wildman–Crippen MR) is 126 cm³/mol. The van der Waals surface area contributed by atoms with E-state index in [0.717, 1.165) is 25.0 Å². The summed E-state index contributed by atoms with van der Waals surface area (Å²) in [6, 6.07) is 8.50. The van der Waals surface area contributed by atoms with Crippen LogP contribution in [0.15, 0.2) is 42.1 Å². The van der Waals surface area contributed by atoms with Crippen molar-refractivity contribution in [1.29, 1.82) is 0 Å². The lowest BCUT2D eigenvalue weighted by Gasteiger charge is -2.42. The van der Waals surface area contributed by atoms with E-state index in [1.807, 2.05) is 6.07 Å². The largest absolute Gasteiger partial charge is 0.478 e. The van der Waals surface area contributed by atoms with Gasteiger partial charge in [-0.05, 0) is 90.2 Å². The third-order valence-corrected chi connectivity index (χ3v) is 7.67. The highest BCUT2D eigenvalue weighted by Crippen LogP contribution is 2.48. The van der Waals surface area contributed by atoms with Gasteiger partial charge in [0.15, 0.2) is 0 Å². The number of carbonyl (C=O) groups is 1. The molecule has 0 radical (unpaired) electrons. The number of hydrogen-bond donors (Lipinski definition) is 1. The van der Waals surface area contributed by atoms with Crippen LogP contribution in [0, 0.1) is 6.92 Å². The molecule has 1 N–H and O–H groups in total. The van der Waals surface area contributed by atoms with Crippen LogP contribution in [0.5, 0.6) is 0 Å². The normalized spacial score (nSPS) is 23.0. The zero-order valence-corrected chi connectivity index (χ0v) is 19.6. The van der Waals surface area contributed by atoms with Crippen LogP contribution >= 0.6 is 0 Å². The number of carboxylic acids is 1. The molecule has 0 spiro atoms. The third kappa shape index (κ3) is 4.33. The number of pyridine rings is 1. The van der Waals surface area contributed by atoms with E-state index in [4.69, 9.17) is 5.11 Å². The van der Waals surface area contributed by atoms with Crippen molar-refractivity contribution in [3.05, 3.63) is 75.6 Å². The van der Waals surface area contributed by atoms with E-state index < -0.39 is 5.97 Å². The molecule has 1 saturated carbocycles. The quantitative estimate of drug-likeness (QED) is 0.552. The Hall–Kier alpha value is -2.42. The van der Waals surface area contributed by atoms with Crippen molar-refractivity contribution in [2.24, 2.45) is 0 Å². The summed E-state index contributed by atoms with van der Waals surface area (Å²) < 4.78 is 0. The van der Waals surface area contributed by atoms with Gasteiger partial charge in [-0.15, -0.1) is 0 Å². The second-order valence-corrected chi connectivity index (χ2v) is 10.9. The molecule has 0 amide bonds. The van der Waals surface area contributed by atoms with Gasteiger partial charge in [0.1, 0.15) is 0 Å². The van der Waals surface area contributed by atoms with Gasteiger partial charge in [0.05, 0.1) is 5.56 Å². The van der Waals surface area contributed by atoms with E-state index in [1.54, 1.807) is 17.2 Å². The van der Waals surface area contributed by atoms with Gasteiger partial charge in [0.25, 0.3) is 0 Å². The minimum atomic E-state index is -0.928. The number of aromatic nitrogens is 1. The van der Waals surface area contributed by atoms with Crippen molar-refractivity contribution >= 4 is 5.97 Å². The van der Waals surface area contributed by atoms with Gasteiger partial charge in [0.2, 0.25) is 0 Å². The molecule has 3 heteroatoms. The van der Waals surface area contributed by atoms with Crippen molar-refractivity contribution in [2.75, 3.05) is 0 Å². The molecule has 1 aromatic heterocycles. The number of aryl methyl sites for hydroxylation is 1. The first-order valence-corrected chi connectivity index (χ1v) is 11.6. The Bertz CT molecular complexity index is 1030. The molecule has 4 rings (SSSR count). The maximum Gasteiger partial charge on any atom is 0.337 e. The Kier molecular flexibility index (Phi) is 5.57. The van der Waals surface area contributed by atoms with Crippen molar-refractivity contribution in [1.82, 2.24) is 4.98 Å². The van der Waals surface area contributed by atoms with Crippen molar-refractivity contribution < 1.29 is 9.90 Å². The summed E-state index contributed by atoms with van der Waals surface area (Å²) in [5.74, 6) is -0.331. The van der Waals surface area contributed by atoms with E-state index in [0.29, 0.717) is 5.92 Å². The van der Waals surface area contributed by atoms with Crippen LogP contribution in [0.4, 0.5) is 0 Å². The predicted octanol–water partition coefficient (Wildman–Crippen LogP) is 6.87. The Morgan fingerprint density at radius 1 is 1.13 bits per heavy atom. The SMILES string of the molecule is Cc1cc2c(cc1C1CC/C(=C\Cc3ccc(C(=O)O)cn3)C1)C(C)(C)CCC2(C)C. The van der Waals surface area contributed by atoms with Crippen LogP contribution in [-0.4, -0.2) is 16.1 Å². The van der Waals surface area contributed by atoms with Crippen LogP contribution in [0.2, 0.25) is 0 Å². The molecule has 31 heavy (non-hydrogen) atoms. The fourth-order valence-electron chi connectivity index (χ4n) is 5.43. The van der Waals surface area contributed by atoms with E-state index in [1.165, 1.54) is 42.2 Å². The maximum atomic E-state index is 11.0. The minimum absolute atomic E-state index is 0.242. The van der Waals surface area contributed by atoms with Gasteiger partial charge in [-0.3, -0.25) is 4.98 Å². The number of nitrogens with zero attached hydrogens (tertiary/aromatic N) is 1. The Morgan fingerprint density at radius 2 is 1.81 bits per heavy atom. The lowest BCUT2D eigenvalue weighted by molar-refractivity contribution is 0.0696. The Balaban J connectivity index is 1.53. The summed E-state index contributed by atoms with van der Waals surface area (Å²) in [6.45, 7) is 11.9. The summed E-state index contributed by atoms with van der Waals surface area (Å²) in [5, 5.41) is 9.02. The molecule has 0 saturated heterocycles. The zero-order valence-electron chi connectivity index (χ0n) is 19.6. The van der Waals surface area contributed by atoms with Gasteiger partial charge in [-0.2, -0.15) is 0 Å². The van der Waals surface area contributed by atoms with Gasteiger partial charge >= 0.3 is 5.97 Å². The number of rotatable bonds is 4. The fraction of sp³-hybridized carbons (Fsp3) is 0.500. The number of allylic oxidation sites excluding steroid dienone is 2. The highest BCUT2D eigenvalue weighted by molar-refractivity contribution is 5.87. The first kappa shape index (κ1) is 21.8. The van der Waals surface area contributed by atoms with Crippen LogP contribution < -0.4 is 0 Å². The minimum Gasteiger partial charge on any atom is -0.478 e. The second kappa shape index (κ2) is 7.93. The first-order chi connectivity index (χ1) is 14.6. The summed E-state index contributed by atoms with van der Waals surface area (Å²) in [5.41, 5.74) is 9.28. The van der Waals surface area contributed by atoms with Crippen LogP contribution in [0.25, 0.3) is 0 Å². The van der Waals surface area contributed by atoms with Gasteiger partial charge in [-0.1, -0.05) is 51.5 Å². The molecule has 1 unspecified atom stereocenters. The number of benzene rings is 1. The van der Waals surface area contributed by atoms with Gasteiger partial charge in [-0.25, -0.2) is 4.79 Å². The molecule has 0 bridgehead atoms. The Labute approximate surface area is 186 Å². The monoisotopic (exact) mass is 417 g/mol. The number of fused-ring (bicyclic) bond motifs is 1. The standard InChI is InChI=1S/C28H35NO2/c1-18-14-24-25(28(4,5)13-12-27(24,2)3)16-23(18)20-8-6-19(15-20)7-10-22-11-9-21(17-29-22)26(30)31/h7,9,11,14,16-17,20H,6,8,10,12-13,15H2,1-5H3,(H,30,31)/b19-7+. The third-order valence-electron chi connectivity index (χ3n) is 7.67. The molecular weight excluding hydrogens is 382 g/mol. The molecule has 1 aromatic carbocycles. The smallest absolute Gasteiger partial charge is 0.337 e. The Morgan fingerprint density at radius 3 is 2.42 bits per heavy atom. The first-order valence-electron chi connectivity index (χ1n) is 11.6. The van der Waals surface area contributed by atoms with Crippen molar-refractivity contribution in [3.63, 3.8) is 0 Å². The van der Waals surface area contributed by atoms with Crippen LogP contribution in [-0.2, 0) is 17.3 Å². The number of hydrogen-bond acceptors (Lipinski definition) is 2. The lowest BCUT2D eigenvalue weighted by Crippen LogP contribution is -2.34. The van der Waals surface area contributed by atoms with E-state index in [9.17, 15) is 4.79 Å². The van der Waals surface area contributed by atoms with Crippen molar-refractivity contribution in [3.8, 4) is 0 Å². The van der Waals surface area contributed by atoms with Crippen molar-refractivity contribution in [2.45, 2.75) is 89.9 Å². The molecule has 2 aromatic rings. The highest BCUT2D eigenvalue weighted by Gasteiger charge is 2.38. The summed E-state index contributed by atoms with van der Waals surface area (Å²) in [7, 11) is 0. The van der Waals surface area contributed by atoms with Gasteiger partial charge in [0, 0.05) is 18.3 Å². The lowest BCUT2D eigenvalue weighted by atomic mass is 9.62. The maximum absolute atomic E-state index is 11.0. The van der Waals surface area contributed by atoms with Gasteiger partial charge < -0.3 is 5.11 Å². The molecule has 2 aliphatic carbocycles. The summed E-state index contributed by atoms with van der Waals surface area (Å²) >= 11 is 0. The molecule has 1 fully saturated rings. The average Bonchev–Trinajstić information content (AvgIpc) is 3.19. The molecule has 3 nitrogen and oxygen atoms in total. The second-order valence-electron chi connectivity index (χ2n) is 10.9. The molecule has 1 atom stereocenters. The zero-order chi connectivity index (χ0) is 22.4. The summed E-state index contributed by atoms with van der Waals surface area (Å²) in [6.07, 6.45) is 10.5. The number of carboxylic acid groups (broad SMARTS) is 1.